The number of rotatable bonds is 5. The predicted octanol–water partition coefficient (Wildman–Crippen LogP) is 7.44. The van der Waals surface area contributed by atoms with Crippen LogP contribution in [0.2, 0.25) is 0 Å². The Kier molecular flexibility index (Phi) is 3.89. The number of anilines is 1. The second-order valence-corrected chi connectivity index (χ2v) is 7.78. The molecule has 0 radical (unpaired) electrons. The SMILES string of the molecule is CCCCCCc1ccc2c3cc(N)cc4cccc(c5cccc1c52)c43. The van der Waals surface area contributed by atoms with Gasteiger partial charge in [0, 0.05) is 5.69 Å². The van der Waals surface area contributed by atoms with Gasteiger partial charge in [0.1, 0.15) is 0 Å². The fraction of sp³-hybridized carbons (Fsp3) is 0.231. The quantitative estimate of drug-likeness (QED) is 0.151. The average molecular weight is 351 g/mol. The van der Waals surface area contributed by atoms with Crippen LogP contribution < -0.4 is 5.73 Å². The van der Waals surface area contributed by atoms with Crippen LogP contribution >= 0.6 is 0 Å². The monoisotopic (exact) mass is 351 g/mol. The Morgan fingerprint density at radius 2 is 1.41 bits per heavy atom. The number of benzene rings is 5. The van der Waals surface area contributed by atoms with E-state index in [0.717, 1.165) is 12.1 Å². The van der Waals surface area contributed by atoms with Crippen LogP contribution in [-0.4, -0.2) is 0 Å². The third kappa shape index (κ3) is 2.53. The van der Waals surface area contributed by atoms with E-state index in [2.05, 4.69) is 67.6 Å². The van der Waals surface area contributed by atoms with Crippen LogP contribution in [0.5, 0.6) is 0 Å². The van der Waals surface area contributed by atoms with Crippen LogP contribution in [0.3, 0.4) is 0 Å². The van der Waals surface area contributed by atoms with Crippen molar-refractivity contribution < 1.29 is 0 Å². The summed E-state index contributed by atoms with van der Waals surface area (Å²) in [5, 5.41) is 10.7. The van der Waals surface area contributed by atoms with Gasteiger partial charge in [-0.25, -0.2) is 0 Å². The van der Waals surface area contributed by atoms with E-state index in [1.54, 1.807) is 0 Å². The number of hydrogen-bond acceptors (Lipinski definition) is 1. The van der Waals surface area contributed by atoms with E-state index in [-0.39, 0.29) is 0 Å². The molecule has 27 heavy (non-hydrogen) atoms. The molecule has 5 aromatic carbocycles. The lowest BCUT2D eigenvalue weighted by molar-refractivity contribution is 0.668. The zero-order chi connectivity index (χ0) is 18.4. The van der Waals surface area contributed by atoms with Gasteiger partial charge in [-0.3, -0.25) is 0 Å². The maximum absolute atomic E-state index is 6.25. The van der Waals surface area contributed by atoms with Gasteiger partial charge >= 0.3 is 0 Å². The van der Waals surface area contributed by atoms with E-state index in [0.29, 0.717) is 0 Å². The molecule has 0 spiro atoms. The molecular formula is C26H25N. The highest BCUT2D eigenvalue weighted by atomic mass is 14.5. The minimum Gasteiger partial charge on any atom is -0.399 e. The molecule has 1 nitrogen and oxygen atoms in total. The average Bonchev–Trinajstić information content (AvgIpc) is 2.69. The van der Waals surface area contributed by atoms with Crippen molar-refractivity contribution >= 4 is 48.8 Å². The molecule has 0 heterocycles. The number of hydrogen-bond donors (Lipinski definition) is 1. The fourth-order valence-corrected chi connectivity index (χ4v) is 4.76. The first kappa shape index (κ1) is 16.4. The van der Waals surface area contributed by atoms with Crippen LogP contribution in [-0.2, 0) is 6.42 Å². The Labute approximate surface area is 160 Å². The number of aryl methyl sites for hydroxylation is 1. The Morgan fingerprint density at radius 1 is 0.667 bits per heavy atom. The molecule has 0 saturated heterocycles. The molecule has 0 fully saturated rings. The molecule has 5 aromatic rings. The van der Waals surface area contributed by atoms with Gasteiger partial charge < -0.3 is 5.73 Å². The summed E-state index contributed by atoms with van der Waals surface area (Å²) in [6, 6.07) is 22.3. The minimum atomic E-state index is 0.839. The molecule has 5 rings (SSSR count). The van der Waals surface area contributed by atoms with E-state index in [1.807, 2.05) is 0 Å². The Morgan fingerprint density at radius 3 is 2.26 bits per heavy atom. The van der Waals surface area contributed by atoms with Crippen LogP contribution in [0.25, 0.3) is 43.1 Å². The molecule has 0 aliphatic carbocycles. The number of fused-ring (bicyclic) bond motifs is 2. The molecule has 0 bridgehead atoms. The standard InChI is InChI=1S/C26H25N/c1-2-3-4-5-8-17-13-14-23-24-16-19(27)15-18-9-6-11-21(25(18)24)22-12-7-10-20(17)26(22)23/h6-7,9-16H,2-5,8,27H2,1H3. The van der Waals surface area contributed by atoms with Gasteiger partial charge in [0.2, 0.25) is 0 Å². The molecule has 0 amide bonds. The molecular weight excluding hydrogens is 326 g/mol. The normalized spacial score (nSPS) is 12.0. The number of nitrogens with two attached hydrogens (primary N) is 1. The molecule has 134 valence electrons. The first-order valence-electron chi connectivity index (χ1n) is 10.2. The molecule has 0 unspecified atom stereocenters. The van der Waals surface area contributed by atoms with Gasteiger partial charge in [-0.15, -0.1) is 0 Å². The molecule has 0 aromatic heterocycles. The molecule has 0 saturated carbocycles. The highest BCUT2D eigenvalue weighted by molar-refractivity contribution is 6.33. The molecule has 1 heteroatoms. The summed E-state index contributed by atoms with van der Waals surface area (Å²) in [4.78, 5) is 0. The second-order valence-electron chi connectivity index (χ2n) is 7.78. The lowest BCUT2D eigenvalue weighted by Gasteiger charge is -2.17. The van der Waals surface area contributed by atoms with Gasteiger partial charge in [0.05, 0.1) is 0 Å². The van der Waals surface area contributed by atoms with Crippen molar-refractivity contribution in [2.24, 2.45) is 0 Å². The topological polar surface area (TPSA) is 26.0 Å². The summed E-state index contributed by atoms with van der Waals surface area (Å²) in [6.07, 6.45) is 6.36. The fourth-order valence-electron chi connectivity index (χ4n) is 4.76. The summed E-state index contributed by atoms with van der Waals surface area (Å²) in [7, 11) is 0. The first-order valence-corrected chi connectivity index (χ1v) is 10.2. The Balaban J connectivity index is 1.84. The van der Waals surface area contributed by atoms with E-state index >= 15 is 0 Å². The first-order chi connectivity index (χ1) is 13.3. The summed E-state index contributed by atoms with van der Waals surface area (Å²) < 4.78 is 0. The highest BCUT2D eigenvalue weighted by Crippen LogP contribution is 2.42. The van der Waals surface area contributed by atoms with Gasteiger partial charge in [-0.1, -0.05) is 74.7 Å². The lowest BCUT2D eigenvalue weighted by atomic mass is 9.87. The highest BCUT2D eigenvalue weighted by Gasteiger charge is 2.14. The zero-order valence-corrected chi connectivity index (χ0v) is 15.9. The Bertz CT molecular complexity index is 1270. The Hall–Kier alpha value is -2.80. The third-order valence-electron chi connectivity index (χ3n) is 6.01. The van der Waals surface area contributed by atoms with Gasteiger partial charge in [-0.2, -0.15) is 0 Å². The summed E-state index contributed by atoms with van der Waals surface area (Å²) in [6.45, 7) is 2.27. The molecule has 2 N–H and O–H groups in total. The van der Waals surface area contributed by atoms with E-state index in [1.165, 1.54) is 74.3 Å². The lowest BCUT2D eigenvalue weighted by Crippen LogP contribution is -1.93. The van der Waals surface area contributed by atoms with Crippen molar-refractivity contribution in [1.82, 2.24) is 0 Å². The number of nitrogen functional groups attached to an aromatic ring is 1. The van der Waals surface area contributed by atoms with Gasteiger partial charge in [0.15, 0.2) is 0 Å². The zero-order valence-electron chi connectivity index (χ0n) is 15.9. The van der Waals surface area contributed by atoms with Crippen molar-refractivity contribution in [3.63, 3.8) is 0 Å². The summed E-state index contributed by atoms with van der Waals surface area (Å²) in [5.41, 5.74) is 8.56. The van der Waals surface area contributed by atoms with Crippen LogP contribution in [0, 0.1) is 0 Å². The van der Waals surface area contributed by atoms with Crippen molar-refractivity contribution in [2.75, 3.05) is 5.73 Å². The van der Waals surface area contributed by atoms with Gasteiger partial charge in [0.25, 0.3) is 0 Å². The number of unbranched alkanes of at least 4 members (excludes halogenated alkanes) is 3. The summed E-state index contributed by atoms with van der Waals surface area (Å²) >= 11 is 0. The molecule has 0 aliphatic heterocycles. The second kappa shape index (κ2) is 6.42. The van der Waals surface area contributed by atoms with E-state index in [9.17, 15) is 0 Å². The van der Waals surface area contributed by atoms with Crippen molar-refractivity contribution in [2.45, 2.75) is 39.0 Å². The molecule has 0 aliphatic rings. The maximum Gasteiger partial charge on any atom is 0.0326 e. The smallest absolute Gasteiger partial charge is 0.0326 e. The van der Waals surface area contributed by atoms with Crippen LogP contribution in [0.15, 0.2) is 60.7 Å². The van der Waals surface area contributed by atoms with Gasteiger partial charge in [-0.05, 0) is 73.6 Å². The largest absolute Gasteiger partial charge is 0.399 e. The van der Waals surface area contributed by atoms with E-state index < -0.39 is 0 Å². The van der Waals surface area contributed by atoms with Crippen molar-refractivity contribution in [1.29, 1.82) is 0 Å². The summed E-state index contributed by atoms with van der Waals surface area (Å²) in [5.74, 6) is 0. The predicted molar refractivity (Wildman–Crippen MR) is 120 cm³/mol. The van der Waals surface area contributed by atoms with Crippen LogP contribution in [0.1, 0.15) is 38.2 Å². The van der Waals surface area contributed by atoms with E-state index in [4.69, 9.17) is 5.73 Å². The van der Waals surface area contributed by atoms with Crippen molar-refractivity contribution in [3.8, 4) is 0 Å². The minimum absolute atomic E-state index is 0.839. The van der Waals surface area contributed by atoms with Crippen LogP contribution in [0.4, 0.5) is 5.69 Å². The molecule has 0 atom stereocenters. The van der Waals surface area contributed by atoms with Crippen molar-refractivity contribution in [3.05, 3.63) is 66.2 Å². The third-order valence-corrected chi connectivity index (χ3v) is 6.01. The maximum atomic E-state index is 6.25.